The van der Waals surface area contributed by atoms with Crippen molar-refractivity contribution in [3.63, 3.8) is 0 Å². The number of carbonyl (C=O) groups excluding carboxylic acids is 1. The van der Waals surface area contributed by atoms with Crippen LogP contribution in [0.4, 0.5) is 15.8 Å². The second-order valence-corrected chi connectivity index (χ2v) is 7.20. The van der Waals surface area contributed by atoms with Gasteiger partial charge in [0.2, 0.25) is 5.91 Å². The Hall–Kier alpha value is -1.23. The molecule has 1 amide bonds. The summed E-state index contributed by atoms with van der Waals surface area (Å²) in [5, 5.41) is 3.43. The molecule has 0 radical (unpaired) electrons. The minimum Gasteiger partial charge on any atom is -0.397 e. The predicted molar refractivity (Wildman–Crippen MR) is 87.9 cm³/mol. The Morgan fingerprint density at radius 3 is 3.00 bits per heavy atom. The SMILES string of the molecule is CC1CCCC(SCCC(=O)Nc2ccc(F)cc2N)C1. The van der Waals surface area contributed by atoms with Crippen molar-refractivity contribution in [2.24, 2.45) is 5.92 Å². The molecule has 1 saturated carbocycles. The fourth-order valence-electron chi connectivity index (χ4n) is 2.71. The predicted octanol–water partition coefficient (Wildman–Crippen LogP) is 4.05. The first-order valence-electron chi connectivity index (χ1n) is 7.51. The van der Waals surface area contributed by atoms with Crippen LogP contribution in [0.2, 0.25) is 0 Å². The smallest absolute Gasteiger partial charge is 0.225 e. The van der Waals surface area contributed by atoms with Gasteiger partial charge in [-0.05, 0) is 37.0 Å². The highest BCUT2D eigenvalue weighted by atomic mass is 32.2. The summed E-state index contributed by atoms with van der Waals surface area (Å²) in [6.07, 6.45) is 5.63. The quantitative estimate of drug-likeness (QED) is 0.807. The van der Waals surface area contributed by atoms with E-state index < -0.39 is 5.82 Å². The average Bonchev–Trinajstić information content (AvgIpc) is 2.42. The number of nitrogens with two attached hydrogens (primary N) is 1. The van der Waals surface area contributed by atoms with Crippen LogP contribution in [-0.4, -0.2) is 16.9 Å². The van der Waals surface area contributed by atoms with Crippen LogP contribution in [0.5, 0.6) is 0 Å². The number of anilines is 2. The van der Waals surface area contributed by atoms with E-state index in [9.17, 15) is 9.18 Å². The highest BCUT2D eigenvalue weighted by Crippen LogP contribution is 2.32. The summed E-state index contributed by atoms with van der Waals surface area (Å²) in [4.78, 5) is 11.9. The van der Waals surface area contributed by atoms with E-state index in [2.05, 4.69) is 12.2 Å². The van der Waals surface area contributed by atoms with Gasteiger partial charge >= 0.3 is 0 Å². The topological polar surface area (TPSA) is 55.1 Å². The number of carbonyl (C=O) groups is 1. The fraction of sp³-hybridized carbons (Fsp3) is 0.562. The Labute approximate surface area is 129 Å². The van der Waals surface area contributed by atoms with Gasteiger partial charge in [-0.25, -0.2) is 4.39 Å². The average molecular weight is 310 g/mol. The zero-order chi connectivity index (χ0) is 15.2. The number of nitrogen functional groups attached to an aromatic ring is 1. The van der Waals surface area contributed by atoms with Gasteiger partial charge in [0, 0.05) is 17.4 Å². The summed E-state index contributed by atoms with van der Waals surface area (Å²) in [5.74, 6) is 1.17. The second-order valence-electron chi connectivity index (χ2n) is 5.79. The molecule has 0 aromatic heterocycles. The van der Waals surface area contributed by atoms with E-state index in [-0.39, 0.29) is 11.6 Å². The lowest BCUT2D eigenvalue weighted by Gasteiger charge is -2.26. The van der Waals surface area contributed by atoms with Gasteiger partial charge in [-0.3, -0.25) is 4.79 Å². The van der Waals surface area contributed by atoms with Crippen LogP contribution in [0.15, 0.2) is 18.2 Å². The molecule has 21 heavy (non-hydrogen) atoms. The molecule has 1 aliphatic carbocycles. The molecule has 0 bridgehead atoms. The Bertz CT molecular complexity index is 495. The van der Waals surface area contributed by atoms with Crippen molar-refractivity contribution < 1.29 is 9.18 Å². The molecule has 1 aliphatic rings. The van der Waals surface area contributed by atoms with E-state index in [1.807, 2.05) is 11.8 Å². The first-order valence-corrected chi connectivity index (χ1v) is 8.56. The first-order chi connectivity index (χ1) is 10.0. The Morgan fingerprint density at radius 1 is 1.48 bits per heavy atom. The van der Waals surface area contributed by atoms with Crippen LogP contribution in [0, 0.1) is 11.7 Å². The molecule has 0 saturated heterocycles. The molecule has 1 fully saturated rings. The highest BCUT2D eigenvalue weighted by Gasteiger charge is 2.19. The zero-order valence-electron chi connectivity index (χ0n) is 12.4. The molecular weight excluding hydrogens is 287 g/mol. The van der Waals surface area contributed by atoms with Crippen molar-refractivity contribution in [2.75, 3.05) is 16.8 Å². The third-order valence-electron chi connectivity index (χ3n) is 3.86. The van der Waals surface area contributed by atoms with E-state index >= 15 is 0 Å². The van der Waals surface area contributed by atoms with Crippen molar-refractivity contribution in [3.05, 3.63) is 24.0 Å². The molecule has 2 atom stereocenters. The summed E-state index contributed by atoms with van der Waals surface area (Å²) in [6, 6.07) is 4.01. The minimum atomic E-state index is -0.396. The molecule has 5 heteroatoms. The van der Waals surface area contributed by atoms with Crippen LogP contribution < -0.4 is 11.1 Å². The lowest BCUT2D eigenvalue weighted by Crippen LogP contribution is -2.17. The first kappa shape index (κ1) is 16.1. The Kier molecular flexibility index (Phi) is 5.91. The fourth-order valence-corrected chi connectivity index (χ4v) is 4.14. The summed E-state index contributed by atoms with van der Waals surface area (Å²) >= 11 is 1.89. The molecule has 116 valence electrons. The van der Waals surface area contributed by atoms with Gasteiger partial charge in [-0.15, -0.1) is 0 Å². The van der Waals surface area contributed by atoms with E-state index in [0.717, 1.165) is 11.7 Å². The lowest BCUT2D eigenvalue weighted by atomic mass is 9.91. The number of amides is 1. The van der Waals surface area contributed by atoms with Crippen molar-refractivity contribution in [1.82, 2.24) is 0 Å². The van der Waals surface area contributed by atoms with Crippen molar-refractivity contribution >= 4 is 29.0 Å². The van der Waals surface area contributed by atoms with E-state index in [1.165, 1.54) is 43.9 Å². The Morgan fingerprint density at radius 2 is 2.29 bits per heavy atom. The molecule has 3 N–H and O–H groups in total. The van der Waals surface area contributed by atoms with Crippen LogP contribution in [0.3, 0.4) is 0 Å². The van der Waals surface area contributed by atoms with Crippen LogP contribution in [0.25, 0.3) is 0 Å². The van der Waals surface area contributed by atoms with Gasteiger partial charge in [0.1, 0.15) is 5.82 Å². The molecular formula is C16H23FN2OS. The molecule has 2 unspecified atom stereocenters. The molecule has 2 rings (SSSR count). The maximum Gasteiger partial charge on any atom is 0.225 e. The van der Waals surface area contributed by atoms with E-state index in [0.29, 0.717) is 17.4 Å². The van der Waals surface area contributed by atoms with E-state index in [4.69, 9.17) is 5.73 Å². The molecule has 1 aromatic rings. The maximum absolute atomic E-state index is 12.9. The number of benzene rings is 1. The number of hydrogen-bond donors (Lipinski definition) is 2. The molecule has 0 heterocycles. The largest absolute Gasteiger partial charge is 0.397 e. The number of nitrogens with one attached hydrogen (secondary N) is 1. The molecule has 1 aromatic carbocycles. The van der Waals surface area contributed by atoms with Crippen LogP contribution in [0.1, 0.15) is 39.0 Å². The second kappa shape index (κ2) is 7.69. The normalized spacial score (nSPS) is 22.0. The number of halogens is 1. The van der Waals surface area contributed by atoms with Crippen LogP contribution in [-0.2, 0) is 4.79 Å². The maximum atomic E-state index is 12.9. The van der Waals surface area contributed by atoms with Gasteiger partial charge < -0.3 is 11.1 Å². The molecule has 0 spiro atoms. The summed E-state index contributed by atoms with van der Waals surface area (Å²) in [5.41, 5.74) is 6.42. The summed E-state index contributed by atoms with van der Waals surface area (Å²) in [6.45, 7) is 2.30. The van der Waals surface area contributed by atoms with Gasteiger partial charge in [-0.2, -0.15) is 11.8 Å². The van der Waals surface area contributed by atoms with Crippen molar-refractivity contribution in [2.45, 2.75) is 44.3 Å². The van der Waals surface area contributed by atoms with Crippen LogP contribution >= 0.6 is 11.8 Å². The van der Waals surface area contributed by atoms with Gasteiger partial charge in [0.15, 0.2) is 0 Å². The van der Waals surface area contributed by atoms with E-state index in [1.54, 1.807) is 0 Å². The summed E-state index contributed by atoms with van der Waals surface area (Å²) in [7, 11) is 0. The number of hydrogen-bond acceptors (Lipinski definition) is 3. The third-order valence-corrected chi connectivity index (χ3v) is 5.20. The summed E-state index contributed by atoms with van der Waals surface area (Å²) < 4.78 is 12.9. The van der Waals surface area contributed by atoms with Crippen molar-refractivity contribution in [1.29, 1.82) is 0 Å². The standard InChI is InChI=1S/C16H23FN2OS/c1-11-3-2-4-13(9-11)21-8-7-16(20)19-15-6-5-12(17)10-14(15)18/h5-6,10-11,13H,2-4,7-9,18H2,1H3,(H,19,20). The van der Waals surface area contributed by atoms with Gasteiger partial charge in [0.25, 0.3) is 0 Å². The van der Waals surface area contributed by atoms with Crippen molar-refractivity contribution in [3.8, 4) is 0 Å². The zero-order valence-corrected chi connectivity index (χ0v) is 13.2. The number of rotatable bonds is 5. The Balaban J connectivity index is 1.72. The highest BCUT2D eigenvalue weighted by molar-refractivity contribution is 7.99. The monoisotopic (exact) mass is 310 g/mol. The molecule has 3 nitrogen and oxygen atoms in total. The molecule has 0 aliphatic heterocycles. The number of thioether (sulfide) groups is 1. The van der Waals surface area contributed by atoms with Gasteiger partial charge in [-0.1, -0.05) is 19.8 Å². The lowest BCUT2D eigenvalue weighted by molar-refractivity contribution is -0.115. The minimum absolute atomic E-state index is 0.0651. The van der Waals surface area contributed by atoms with Gasteiger partial charge in [0.05, 0.1) is 11.4 Å². The third kappa shape index (κ3) is 5.23.